The predicted octanol–water partition coefficient (Wildman–Crippen LogP) is -1.67. The van der Waals surface area contributed by atoms with Crippen LogP contribution in [0.5, 0.6) is 0 Å². The van der Waals surface area contributed by atoms with Crippen LogP contribution in [-0.4, -0.2) is 35.0 Å². The van der Waals surface area contributed by atoms with Gasteiger partial charge in [-0.1, -0.05) is 0 Å². The van der Waals surface area contributed by atoms with Crippen molar-refractivity contribution in [3.63, 3.8) is 0 Å². The van der Waals surface area contributed by atoms with E-state index in [1.165, 1.54) is 6.92 Å². The summed E-state index contributed by atoms with van der Waals surface area (Å²) in [7, 11) is 0. The van der Waals surface area contributed by atoms with Crippen molar-refractivity contribution in [2.75, 3.05) is 6.54 Å². The monoisotopic (exact) mass is 148 g/mol. The molecule has 0 bridgehead atoms. The number of nitrogens with two attached hydrogens (primary N) is 1. The van der Waals surface area contributed by atoms with Crippen LogP contribution in [0.1, 0.15) is 6.92 Å². The molecular weight excluding hydrogens is 136 g/mol. The van der Waals surface area contributed by atoms with Gasteiger partial charge < -0.3 is 15.9 Å². The molecule has 5 N–H and O–H groups in total. The van der Waals surface area contributed by atoms with Crippen molar-refractivity contribution in [3.05, 3.63) is 0 Å². The van der Waals surface area contributed by atoms with Crippen molar-refractivity contribution in [2.24, 2.45) is 5.73 Å². The van der Waals surface area contributed by atoms with Crippen LogP contribution in [0.2, 0.25) is 0 Å². The summed E-state index contributed by atoms with van der Waals surface area (Å²) in [5.74, 6) is -1.08. The lowest BCUT2D eigenvalue weighted by atomic mass is 10.3. The Morgan fingerprint density at radius 2 is 2.30 bits per heavy atom. The maximum atomic E-state index is 10.1. The van der Waals surface area contributed by atoms with Crippen LogP contribution in [0, 0.1) is 0 Å². The molecule has 0 aliphatic carbocycles. The van der Waals surface area contributed by atoms with Crippen LogP contribution in [0.3, 0.4) is 0 Å². The Hall–Kier alpha value is -0.650. The summed E-state index contributed by atoms with van der Waals surface area (Å²) in [5, 5.41) is 19.3. The minimum Gasteiger partial charge on any atom is -0.480 e. The zero-order valence-electron chi connectivity index (χ0n) is 5.74. The molecule has 0 radical (unpaired) electrons. The Balaban J connectivity index is 3.40. The van der Waals surface area contributed by atoms with Gasteiger partial charge in [0, 0.05) is 6.54 Å². The molecule has 0 saturated carbocycles. The van der Waals surface area contributed by atoms with E-state index in [0.717, 1.165) is 0 Å². The zero-order chi connectivity index (χ0) is 8.15. The molecule has 0 spiro atoms. The standard InChI is InChI=1S/C5H12N2O3/c1-3(8)7-2-4(6)5(9)10/h3-4,7-8H,2,6H2,1H3,(H,9,10). The van der Waals surface area contributed by atoms with Gasteiger partial charge in [0.2, 0.25) is 0 Å². The summed E-state index contributed by atoms with van der Waals surface area (Å²) >= 11 is 0. The highest BCUT2D eigenvalue weighted by atomic mass is 16.4. The van der Waals surface area contributed by atoms with Gasteiger partial charge in [-0.05, 0) is 6.92 Å². The van der Waals surface area contributed by atoms with Crippen LogP contribution in [0.15, 0.2) is 0 Å². The molecular formula is C5H12N2O3. The second-order valence-corrected chi connectivity index (χ2v) is 2.03. The van der Waals surface area contributed by atoms with E-state index in [-0.39, 0.29) is 6.54 Å². The Labute approximate surface area is 58.8 Å². The van der Waals surface area contributed by atoms with E-state index in [1.54, 1.807) is 0 Å². The number of hydrogen-bond donors (Lipinski definition) is 4. The van der Waals surface area contributed by atoms with Gasteiger partial charge in [-0.3, -0.25) is 10.1 Å². The first-order chi connectivity index (χ1) is 4.54. The maximum absolute atomic E-state index is 10.1. The topological polar surface area (TPSA) is 95.6 Å². The number of carboxylic acid groups (broad SMARTS) is 1. The van der Waals surface area contributed by atoms with E-state index < -0.39 is 18.2 Å². The summed E-state index contributed by atoms with van der Waals surface area (Å²) in [4.78, 5) is 10.1. The number of nitrogens with one attached hydrogen (secondary N) is 1. The van der Waals surface area contributed by atoms with Crippen LogP contribution < -0.4 is 11.1 Å². The van der Waals surface area contributed by atoms with Gasteiger partial charge >= 0.3 is 5.97 Å². The molecule has 0 saturated heterocycles. The number of aliphatic carboxylic acids is 1. The minimum atomic E-state index is -1.08. The number of aliphatic hydroxyl groups excluding tert-OH is 1. The molecule has 0 aromatic heterocycles. The first-order valence-electron chi connectivity index (χ1n) is 2.94. The van der Waals surface area contributed by atoms with Gasteiger partial charge in [0.15, 0.2) is 0 Å². The first-order valence-corrected chi connectivity index (χ1v) is 2.94. The van der Waals surface area contributed by atoms with Crippen molar-refractivity contribution in [3.8, 4) is 0 Å². The van der Waals surface area contributed by atoms with E-state index in [9.17, 15) is 4.79 Å². The smallest absolute Gasteiger partial charge is 0.321 e. The van der Waals surface area contributed by atoms with Gasteiger partial charge in [0.05, 0.1) is 0 Å². The molecule has 0 aliphatic rings. The van der Waals surface area contributed by atoms with Crippen molar-refractivity contribution < 1.29 is 15.0 Å². The van der Waals surface area contributed by atoms with Crippen LogP contribution in [0.4, 0.5) is 0 Å². The second kappa shape index (κ2) is 4.21. The van der Waals surface area contributed by atoms with E-state index in [1.807, 2.05) is 0 Å². The van der Waals surface area contributed by atoms with Gasteiger partial charge in [0.1, 0.15) is 12.3 Å². The minimum absolute atomic E-state index is 0.0764. The summed E-state index contributed by atoms with van der Waals surface area (Å²) in [6.45, 7) is 1.57. The molecule has 2 unspecified atom stereocenters. The van der Waals surface area contributed by atoms with E-state index in [2.05, 4.69) is 5.32 Å². The third-order valence-electron chi connectivity index (χ3n) is 0.950. The van der Waals surface area contributed by atoms with Crippen molar-refractivity contribution in [1.82, 2.24) is 5.32 Å². The average Bonchev–Trinajstić information content (AvgIpc) is 1.82. The molecule has 0 heterocycles. The summed E-state index contributed by atoms with van der Waals surface area (Å²) < 4.78 is 0. The Kier molecular flexibility index (Phi) is 3.94. The molecule has 10 heavy (non-hydrogen) atoms. The molecule has 5 heteroatoms. The Morgan fingerprint density at radius 3 is 2.60 bits per heavy atom. The zero-order valence-corrected chi connectivity index (χ0v) is 5.74. The number of rotatable bonds is 4. The normalized spacial score (nSPS) is 16.3. The largest absolute Gasteiger partial charge is 0.480 e. The lowest BCUT2D eigenvalue weighted by Crippen LogP contribution is -2.43. The van der Waals surface area contributed by atoms with Crippen LogP contribution in [-0.2, 0) is 4.79 Å². The molecule has 2 atom stereocenters. The molecule has 0 aliphatic heterocycles. The van der Waals surface area contributed by atoms with Gasteiger partial charge in [-0.15, -0.1) is 0 Å². The number of hydrogen-bond acceptors (Lipinski definition) is 4. The molecule has 0 aromatic rings. The fourth-order valence-corrected chi connectivity index (χ4v) is 0.385. The number of aliphatic hydroxyl groups is 1. The van der Waals surface area contributed by atoms with Crippen molar-refractivity contribution >= 4 is 5.97 Å². The SMILES string of the molecule is CC(O)NCC(N)C(=O)O. The first kappa shape index (κ1) is 9.35. The molecule has 0 fully saturated rings. The van der Waals surface area contributed by atoms with Crippen LogP contribution >= 0.6 is 0 Å². The van der Waals surface area contributed by atoms with Gasteiger partial charge in [0.25, 0.3) is 0 Å². The summed E-state index contributed by atoms with van der Waals surface area (Å²) in [5.41, 5.74) is 5.09. The van der Waals surface area contributed by atoms with Gasteiger partial charge in [-0.2, -0.15) is 0 Å². The summed E-state index contributed by atoms with van der Waals surface area (Å²) in [6.07, 6.45) is -0.717. The van der Waals surface area contributed by atoms with E-state index in [0.29, 0.717) is 0 Å². The fraction of sp³-hybridized carbons (Fsp3) is 0.800. The molecule has 0 aromatic carbocycles. The van der Waals surface area contributed by atoms with E-state index in [4.69, 9.17) is 15.9 Å². The average molecular weight is 148 g/mol. The molecule has 0 amide bonds. The predicted molar refractivity (Wildman–Crippen MR) is 35.3 cm³/mol. The number of carboxylic acids is 1. The van der Waals surface area contributed by atoms with Crippen molar-refractivity contribution in [2.45, 2.75) is 19.2 Å². The van der Waals surface area contributed by atoms with Crippen LogP contribution in [0.25, 0.3) is 0 Å². The van der Waals surface area contributed by atoms with E-state index >= 15 is 0 Å². The molecule has 60 valence electrons. The second-order valence-electron chi connectivity index (χ2n) is 2.03. The third-order valence-corrected chi connectivity index (χ3v) is 0.950. The highest BCUT2D eigenvalue weighted by molar-refractivity contribution is 5.73. The Morgan fingerprint density at radius 1 is 1.80 bits per heavy atom. The highest BCUT2D eigenvalue weighted by Gasteiger charge is 2.10. The van der Waals surface area contributed by atoms with Gasteiger partial charge in [-0.25, -0.2) is 0 Å². The fourth-order valence-electron chi connectivity index (χ4n) is 0.385. The quantitative estimate of drug-likeness (QED) is 0.357. The lowest BCUT2D eigenvalue weighted by Gasteiger charge is -2.09. The molecule has 5 nitrogen and oxygen atoms in total. The lowest BCUT2D eigenvalue weighted by molar-refractivity contribution is -0.138. The molecule has 0 rings (SSSR count). The Bertz CT molecular complexity index is 115. The third kappa shape index (κ3) is 4.25. The maximum Gasteiger partial charge on any atom is 0.321 e. The number of carbonyl (C=O) groups is 1. The highest BCUT2D eigenvalue weighted by Crippen LogP contribution is 1.77. The summed E-state index contributed by atoms with van der Waals surface area (Å²) in [6, 6.07) is -0.949. The van der Waals surface area contributed by atoms with Crippen molar-refractivity contribution in [1.29, 1.82) is 0 Å².